The van der Waals surface area contributed by atoms with Crippen LogP contribution in [-0.4, -0.2) is 16.6 Å². The second-order valence-electron chi connectivity index (χ2n) is 5.08. The highest BCUT2D eigenvalue weighted by Crippen LogP contribution is 2.20. The lowest BCUT2D eigenvalue weighted by atomic mass is 10.0. The highest BCUT2D eigenvalue weighted by molar-refractivity contribution is 6.03. The Bertz CT molecular complexity index is 665. The van der Waals surface area contributed by atoms with E-state index in [9.17, 15) is 4.79 Å². The van der Waals surface area contributed by atoms with E-state index in [1.807, 2.05) is 12.1 Å². The zero-order chi connectivity index (χ0) is 14.5. The van der Waals surface area contributed by atoms with Gasteiger partial charge in [-0.2, -0.15) is 5.10 Å². The molecule has 0 saturated heterocycles. The predicted octanol–water partition coefficient (Wildman–Crippen LogP) is 2.94. The molecule has 1 amide bonds. The van der Waals surface area contributed by atoms with E-state index < -0.39 is 0 Å². The monoisotopic (exact) mass is 279 g/mol. The quantitative estimate of drug-likeness (QED) is 0.678. The fraction of sp³-hybridized carbons (Fsp3) is 0.235. The van der Waals surface area contributed by atoms with Crippen LogP contribution < -0.4 is 5.43 Å². The van der Waals surface area contributed by atoms with Crippen LogP contribution in [0.15, 0.2) is 53.8 Å². The predicted molar refractivity (Wildman–Crippen MR) is 82.2 cm³/mol. The van der Waals surface area contributed by atoms with Crippen molar-refractivity contribution < 1.29 is 4.79 Å². The van der Waals surface area contributed by atoms with E-state index in [-0.39, 0.29) is 5.91 Å². The Morgan fingerprint density at radius 3 is 2.71 bits per heavy atom. The number of carbonyl (C=O) groups excluding carboxylic acids is 1. The molecule has 21 heavy (non-hydrogen) atoms. The molecule has 1 aromatic carbocycles. The number of pyridine rings is 1. The second kappa shape index (κ2) is 6.31. The van der Waals surface area contributed by atoms with Gasteiger partial charge in [0.15, 0.2) is 0 Å². The number of fused-ring (bicyclic) bond motifs is 1. The van der Waals surface area contributed by atoms with Crippen molar-refractivity contribution in [1.82, 2.24) is 10.4 Å². The van der Waals surface area contributed by atoms with Crippen LogP contribution in [0.5, 0.6) is 0 Å². The molecule has 0 radical (unpaired) electrons. The Morgan fingerprint density at radius 1 is 1.05 bits per heavy atom. The molecule has 0 bridgehead atoms. The van der Waals surface area contributed by atoms with E-state index in [0.29, 0.717) is 5.69 Å². The van der Waals surface area contributed by atoms with Crippen LogP contribution >= 0.6 is 0 Å². The first-order valence-corrected chi connectivity index (χ1v) is 7.21. The summed E-state index contributed by atoms with van der Waals surface area (Å²) in [4.78, 5) is 16.0. The number of hydrogen-bond acceptors (Lipinski definition) is 3. The molecule has 0 saturated carbocycles. The Labute approximate surface area is 123 Å². The van der Waals surface area contributed by atoms with E-state index in [1.54, 1.807) is 24.4 Å². The van der Waals surface area contributed by atoms with Gasteiger partial charge in [-0.25, -0.2) is 5.43 Å². The SMILES string of the molecule is O=C(N/N=C1/CCCCc2ccccc21)c1ccccn1. The van der Waals surface area contributed by atoms with Crippen LogP contribution in [0.2, 0.25) is 0 Å². The van der Waals surface area contributed by atoms with Gasteiger partial charge in [0.05, 0.1) is 5.71 Å². The number of amides is 1. The van der Waals surface area contributed by atoms with Crippen LogP contribution in [0.3, 0.4) is 0 Å². The molecule has 1 aliphatic rings. The minimum atomic E-state index is -0.273. The maximum Gasteiger partial charge on any atom is 0.289 e. The van der Waals surface area contributed by atoms with Crippen molar-refractivity contribution in [3.8, 4) is 0 Å². The van der Waals surface area contributed by atoms with Crippen LogP contribution in [-0.2, 0) is 6.42 Å². The molecule has 2 aromatic rings. The van der Waals surface area contributed by atoms with E-state index in [2.05, 4.69) is 27.6 Å². The lowest BCUT2D eigenvalue weighted by Crippen LogP contribution is -2.21. The Balaban J connectivity index is 1.82. The first-order chi connectivity index (χ1) is 10.3. The average Bonchev–Trinajstić information content (AvgIpc) is 2.76. The summed E-state index contributed by atoms with van der Waals surface area (Å²) in [5, 5.41) is 4.34. The summed E-state index contributed by atoms with van der Waals surface area (Å²) in [7, 11) is 0. The molecular formula is C17H17N3O. The molecular weight excluding hydrogens is 262 g/mol. The number of carbonyl (C=O) groups is 1. The third kappa shape index (κ3) is 3.16. The van der Waals surface area contributed by atoms with Gasteiger partial charge in [0.25, 0.3) is 5.91 Å². The highest BCUT2D eigenvalue weighted by Gasteiger charge is 2.14. The van der Waals surface area contributed by atoms with Crippen molar-refractivity contribution in [1.29, 1.82) is 0 Å². The fourth-order valence-corrected chi connectivity index (χ4v) is 2.55. The molecule has 4 heteroatoms. The molecule has 0 fully saturated rings. The van der Waals surface area contributed by atoms with Gasteiger partial charge in [-0.15, -0.1) is 0 Å². The number of rotatable bonds is 2. The first kappa shape index (κ1) is 13.5. The lowest BCUT2D eigenvalue weighted by Gasteiger charge is -2.07. The van der Waals surface area contributed by atoms with Gasteiger partial charge in [-0.3, -0.25) is 9.78 Å². The summed E-state index contributed by atoms with van der Waals surface area (Å²) in [6, 6.07) is 13.5. The zero-order valence-corrected chi connectivity index (χ0v) is 11.7. The molecule has 1 aromatic heterocycles. The first-order valence-electron chi connectivity index (χ1n) is 7.21. The molecule has 4 nitrogen and oxygen atoms in total. The van der Waals surface area contributed by atoms with Crippen LogP contribution in [0.1, 0.15) is 40.9 Å². The fourth-order valence-electron chi connectivity index (χ4n) is 2.55. The van der Waals surface area contributed by atoms with Gasteiger partial charge in [-0.1, -0.05) is 30.3 Å². The molecule has 106 valence electrons. The molecule has 3 rings (SSSR count). The van der Waals surface area contributed by atoms with Gasteiger partial charge in [0.1, 0.15) is 5.69 Å². The van der Waals surface area contributed by atoms with Gasteiger partial charge < -0.3 is 0 Å². The van der Waals surface area contributed by atoms with Crippen LogP contribution in [0.4, 0.5) is 0 Å². The maximum atomic E-state index is 12.0. The third-order valence-corrected chi connectivity index (χ3v) is 3.63. The third-order valence-electron chi connectivity index (χ3n) is 3.63. The minimum absolute atomic E-state index is 0.273. The van der Waals surface area contributed by atoms with Crippen molar-refractivity contribution in [2.75, 3.05) is 0 Å². The van der Waals surface area contributed by atoms with E-state index in [1.165, 1.54) is 5.56 Å². The Morgan fingerprint density at radius 2 is 1.86 bits per heavy atom. The smallest absolute Gasteiger partial charge is 0.266 e. The number of benzene rings is 1. The zero-order valence-electron chi connectivity index (χ0n) is 11.7. The standard InChI is InChI=1S/C17H17N3O/c21-17(16-11-5-6-12-18-16)20-19-15-10-4-2-8-13-7-1-3-9-14(13)15/h1,3,5-7,9,11-12H,2,4,8,10H2,(H,20,21)/b19-15-. The Kier molecular flexibility index (Phi) is 4.05. The topological polar surface area (TPSA) is 54.4 Å². The molecule has 0 atom stereocenters. The molecule has 0 spiro atoms. The number of nitrogens with zero attached hydrogens (tertiary/aromatic N) is 2. The molecule has 0 aliphatic heterocycles. The van der Waals surface area contributed by atoms with Crippen molar-refractivity contribution in [2.45, 2.75) is 25.7 Å². The maximum absolute atomic E-state index is 12.0. The van der Waals surface area contributed by atoms with Gasteiger partial charge in [0, 0.05) is 11.8 Å². The number of nitrogens with one attached hydrogen (secondary N) is 1. The van der Waals surface area contributed by atoms with Crippen molar-refractivity contribution in [3.05, 3.63) is 65.5 Å². The number of aromatic nitrogens is 1. The van der Waals surface area contributed by atoms with Gasteiger partial charge >= 0.3 is 0 Å². The average molecular weight is 279 g/mol. The summed E-state index contributed by atoms with van der Waals surface area (Å²) in [5.74, 6) is -0.273. The van der Waals surface area contributed by atoms with Crippen molar-refractivity contribution >= 4 is 11.6 Å². The lowest BCUT2D eigenvalue weighted by molar-refractivity contribution is 0.0950. The molecule has 1 heterocycles. The van der Waals surface area contributed by atoms with E-state index >= 15 is 0 Å². The van der Waals surface area contributed by atoms with Gasteiger partial charge in [0.2, 0.25) is 0 Å². The van der Waals surface area contributed by atoms with Crippen LogP contribution in [0, 0.1) is 0 Å². The van der Waals surface area contributed by atoms with Crippen LogP contribution in [0.25, 0.3) is 0 Å². The van der Waals surface area contributed by atoms with Crippen molar-refractivity contribution in [3.63, 3.8) is 0 Å². The molecule has 1 N–H and O–H groups in total. The minimum Gasteiger partial charge on any atom is -0.266 e. The summed E-state index contributed by atoms with van der Waals surface area (Å²) in [6.45, 7) is 0. The summed E-state index contributed by atoms with van der Waals surface area (Å²) in [6.07, 6.45) is 5.81. The summed E-state index contributed by atoms with van der Waals surface area (Å²) < 4.78 is 0. The Hall–Kier alpha value is -2.49. The summed E-state index contributed by atoms with van der Waals surface area (Å²) in [5.41, 5.74) is 6.41. The number of hydrogen-bond donors (Lipinski definition) is 1. The molecule has 1 aliphatic carbocycles. The van der Waals surface area contributed by atoms with E-state index in [4.69, 9.17) is 0 Å². The number of aryl methyl sites for hydroxylation is 1. The molecule has 0 unspecified atom stereocenters. The van der Waals surface area contributed by atoms with Crippen molar-refractivity contribution in [2.24, 2.45) is 5.10 Å². The second-order valence-corrected chi connectivity index (χ2v) is 5.08. The number of hydrazone groups is 1. The summed E-state index contributed by atoms with van der Waals surface area (Å²) >= 11 is 0. The largest absolute Gasteiger partial charge is 0.289 e. The van der Waals surface area contributed by atoms with Gasteiger partial charge in [-0.05, 0) is 43.4 Å². The normalized spacial score (nSPS) is 16.1. The highest BCUT2D eigenvalue weighted by atomic mass is 16.2. The van der Waals surface area contributed by atoms with E-state index in [0.717, 1.165) is 37.0 Å².